The van der Waals surface area contributed by atoms with Gasteiger partial charge in [-0.2, -0.15) is 13.2 Å². The molecule has 1 fully saturated rings. The van der Waals surface area contributed by atoms with Crippen LogP contribution >= 0.6 is 34.8 Å². The highest BCUT2D eigenvalue weighted by Crippen LogP contribution is 2.49. The second-order valence-electron chi connectivity index (χ2n) is 8.13. The lowest BCUT2D eigenvalue weighted by Gasteiger charge is -2.29. The Morgan fingerprint density at radius 1 is 1.22 bits per heavy atom. The third kappa shape index (κ3) is 4.64. The van der Waals surface area contributed by atoms with Gasteiger partial charge in [-0.1, -0.05) is 40.9 Å². The van der Waals surface area contributed by atoms with Crippen molar-refractivity contribution in [1.29, 1.82) is 0 Å². The molecular formula is C23H19Cl3F3N3O4. The van der Waals surface area contributed by atoms with Gasteiger partial charge in [-0.3, -0.25) is 24.7 Å². The molecule has 2 aliphatic rings. The molecule has 2 amide bonds. The molecule has 4 rings (SSSR count). The van der Waals surface area contributed by atoms with Gasteiger partial charge in [0.1, 0.15) is 12.6 Å². The fraction of sp³-hybridized carbons (Fsp3) is 0.304. The number of aryl methyl sites for hydroxylation is 1. The number of benzene rings is 2. The van der Waals surface area contributed by atoms with E-state index in [0.29, 0.717) is 17.7 Å². The number of nitrogens with one attached hydrogen (secondary N) is 2. The Bertz CT molecular complexity index is 1250. The summed E-state index contributed by atoms with van der Waals surface area (Å²) in [5.74, 6) is -0.873. The first-order valence-electron chi connectivity index (χ1n) is 10.6. The van der Waals surface area contributed by atoms with Crippen LogP contribution in [0, 0.1) is 6.92 Å². The molecule has 0 saturated carbocycles. The molecule has 1 saturated heterocycles. The minimum atomic E-state index is -4.89. The van der Waals surface area contributed by atoms with E-state index in [2.05, 4.69) is 10.8 Å². The number of rotatable bonds is 5. The largest absolute Gasteiger partial charge is 0.428 e. The van der Waals surface area contributed by atoms with Crippen LogP contribution in [-0.2, 0) is 20.1 Å². The van der Waals surface area contributed by atoms with Crippen LogP contribution in [0.15, 0.2) is 36.4 Å². The monoisotopic (exact) mass is 563 g/mol. The second kappa shape index (κ2) is 9.75. The van der Waals surface area contributed by atoms with Crippen LogP contribution in [0.3, 0.4) is 0 Å². The number of likely N-dealkylation sites (N-methyl/N-ethyl adjacent to an activating group) is 1. The molecular weight excluding hydrogens is 546 g/mol. The van der Waals surface area contributed by atoms with Crippen molar-refractivity contribution in [1.82, 2.24) is 15.9 Å². The topological polar surface area (TPSA) is 79.9 Å². The average molecular weight is 565 g/mol. The minimum absolute atomic E-state index is 0.0158. The first-order chi connectivity index (χ1) is 16.9. The third-order valence-corrected chi connectivity index (χ3v) is 7.02. The Kier molecular flexibility index (Phi) is 7.20. The molecule has 2 aliphatic heterocycles. The van der Waals surface area contributed by atoms with E-state index in [-0.39, 0.29) is 44.4 Å². The zero-order valence-corrected chi connectivity index (χ0v) is 21.1. The smallest absolute Gasteiger partial charge is 0.338 e. The lowest BCUT2D eigenvalue weighted by atomic mass is 9.91. The lowest BCUT2D eigenvalue weighted by molar-refractivity contribution is -0.269. The van der Waals surface area contributed by atoms with Gasteiger partial charge in [0, 0.05) is 17.7 Å². The molecule has 0 radical (unpaired) electrons. The molecule has 36 heavy (non-hydrogen) atoms. The first-order valence-corrected chi connectivity index (χ1v) is 11.8. The summed E-state index contributed by atoms with van der Waals surface area (Å²) in [5, 5.41) is 3.38. The number of amides is 2. The average Bonchev–Trinajstić information content (AvgIpc) is 3.42. The van der Waals surface area contributed by atoms with Crippen LogP contribution in [0.5, 0.6) is 0 Å². The van der Waals surface area contributed by atoms with E-state index in [0.717, 1.165) is 23.3 Å². The number of alkyl halides is 3. The van der Waals surface area contributed by atoms with E-state index in [9.17, 15) is 22.8 Å². The maximum atomic E-state index is 14.3. The van der Waals surface area contributed by atoms with Crippen molar-refractivity contribution in [2.24, 2.45) is 0 Å². The molecule has 0 bridgehead atoms. The van der Waals surface area contributed by atoms with Gasteiger partial charge < -0.3 is 5.32 Å². The van der Waals surface area contributed by atoms with Crippen molar-refractivity contribution in [3.63, 3.8) is 0 Å². The predicted octanol–water partition coefficient (Wildman–Crippen LogP) is 5.18. The van der Waals surface area contributed by atoms with Crippen LogP contribution in [0.2, 0.25) is 15.1 Å². The van der Waals surface area contributed by atoms with E-state index in [1.165, 1.54) is 18.2 Å². The van der Waals surface area contributed by atoms with Crippen molar-refractivity contribution in [3.05, 3.63) is 73.7 Å². The van der Waals surface area contributed by atoms with Gasteiger partial charge in [0.15, 0.2) is 0 Å². The molecule has 2 unspecified atom stereocenters. The molecule has 2 aromatic carbocycles. The van der Waals surface area contributed by atoms with E-state index in [4.69, 9.17) is 44.5 Å². The van der Waals surface area contributed by atoms with E-state index >= 15 is 0 Å². The van der Waals surface area contributed by atoms with Gasteiger partial charge in [0.05, 0.1) is 20.8 Å². The Morgan fingerprint density at radius 2 is 1.89 bits per heavy atom. The van der Waals surface area contributed by atoms with Crippen LogP contribution in [0.4, 0.5) is 13.2 Å². The fourth-order valence-corrected chi connectivity index (χ4v) is 4.50. The van der Waals surface area contributed by atoms with Gasteiger partial charge in [-0.05, 0) is 55.3 Å². The molecule has 192 valence electrons. The van der Waals surface area contributed by atoms with Crippen LogP contribution in [0.25, 0.3) is 5.70 Å². The van der Waals surface area contributed by atoms with Crippen molar-refractivity contribution in [2.45, 2.75) is 31.7 Å². The predicted molar refractivity (Wildman–Crippen MR) is 127 cm³/mol. The van der Waals surface area contributed by atoms with E-state index < -0.39 is 23.7 Å². The normalized spacial score (nSPS) is 22.0. The molecule has 0 spiro atoms. The molecule has 0 aliphatic carbocycles. The maximum Gasteiger partial charge on any atom is 0.428 e. The molecule has 2 aromatic rings. The zero-order chi connectivity index (χ0) is 26.4. The van der Waals surface area contributed by atoms with Crippen molar-refractivity contribution < 1.29 is 32.4 Å². The Labute approximate surface area is 219 Å². The molecule has 2 heterocycles. The highest BCUT2D eigenvalue weighted by Gasteiger charge is 2.59. The number of carbonyl (C=O) groups is 2. The fourth-order valence-electron chi connectivity index (χ4n) is 3.90. The Hall–Kier alpha value is -2.50. The summed E-state index contributed by atoms with van der Waals surface area (Å²) in [6.07, 6.45) is -4.02. The third-order valence-electron chi connectivity index (χ3n) is 5.82. The van der Waals surface area contributed by atoms with E-state index in [1.807, 2.05) is 0 Å². The van der Waals surface area contributed by atoms with Gasteiger partial charge in [-0.25, -0.2) is 5.06 Å². The summed E-state index contributed by atoms with van der Waals surface area (Å²) >= 11 is 17.8. The Balaban J connectivity index is 1.63. The van der Waals surface area contributed by atoms with Crippen LogP contribution in [0.1, 0.15) is 34.0 Å². The molecule has 2 atom stereocenters. The Morgan fingerprint density at radius 3 is 2.44 bits per heavy atom. The van der Waals surface area contributed by atoms with Gasteiger partial charge in [-0.15, -0.1) is 0 Å². The number of hydrogen-bond donors (Lipinski definition) is 2. The number of halogens is 6. The molecule has 13 heteroatoms. The SMILES string of the molecule is CCN1OCC(NC(=O)c2ccc(C3=CC(c4cc(Cl)c(Cl)c(Cl)c4)(C(F)(F)F)ON3)cc2C)C1=O. The van der Waals surface area contributed by atoms with Crippen molar-refractivity contribution in [3.8, 4) is 0 Å². The quantitative estimate of drug-likeness (QED) is 0.489. The van der Waals surface area contributed by atoms with Crippen LogP contribution in [-0.4, -0.2) is 42.2 Å². The summed E-state index contributed by atoms with van der Waals surface area (Å²) < 4.78 is 42.8. The van der Waals surface area contributed by atoms with Gasteiger partial charge in [0.25, 0.3) is 11.8 Å². The van der Waals surface area contributed by atoms with Crippen molar-refractivity contribution >= 4 is 52.3 Å². The first kappa shape index (κ1) is 26.6. The summed E-state index contributed by atoms with van der Waals surface area (Å²) in [6.45, 7) is 3.72. The highest BCUT2D eigenvalue weighted by molar-refractivity contribution is 6.48. The summed E-state index contributed by atoms with van der Waals surface area (Å²) in [5.41, 5.74) is 0.136. The molecule has 7 nitrogen and oxygen atoms in total. The second-order valence-corrected chi connectivity index (χ2v) is 9.33. The zero-order valence-electron chi connectivity index (χ0n) is 18.8. The standard InChI is InChI=1S/C23H19Cl3F3N3O4/c1-3-32-21(34)18(10-35-32)30-20(33)14-5-4-12(6-11(14)2)17-9-22(36-31-17,23(27,28)29)13-7-15(24)19(26)16(25)8-13/h4-9,18,31H,3,10H2,1-2H3,(H,30,33). The van der Waals surface area contributed by atoms with Gasteiger partial charge in [0.2, 0.25) is 5.60 Å². The number of carbonyl (C=O) groups excluding carboxylic acids is 2. The molecule has 0 aromatic heterocycles. The number of nitrogens with zero attached hydrogens (tertiary/aromatic N) is 1. The maximum absolute atomic E-state index is 14.3. The summed E-state index contributed by atoms with van der Waals surface area (Å²) in [7, 11) is 0. The lowest BCUT2D eigenvalue weighted by Crippen LogP contribution is -2.42. The number of hydroxylamine groups is 3. The summed E-state index contributed by atoms with van der Waals surface area (Å²) in [4.78, 5) is 35.2. The van der Waals surface area contributed by atoms with Gasteiger partial charge >= 0.3 is 6.18 Å². The molecule has 2 N–H and O–H groups in total. The van der Waals surface area contributed by atoms with Crippen molar-refractivity contribution in [2.75, 3.05) is 13.2 Å². The summed E-state index contributed by atoms with van der Waals surface area (Å²) in [6, 6.07) is 5.69. The van der Waals surface area contributed by atoms with E-state index in [1.54, 1.807) is 13.8 Å². The van der Waals surface area contributed by atoms with Crippen LogP contribution < -0.4 is 10.8 Å². The number of hydrogen-bond acceptors (Lipinski definition) is 5. The minimum Gasteiger partial charge on any atom is -0.338 e. The highest BCUT2D eigenvalue weighted by atomic mass is 35.5.